The van der Waals surface area contributed by atoms with E-state index in [-0.39, 0.29) is 11.7 Å². The number of alkyl halides is 3. The molecule has 0 bridgehead atoms. The van der Waals surface area contributed by atoms with Crippen LogP contribution in [0.5, 0.6) is 0 Å². The summed E-state index contributed by atoms with van der Waals surface area (Å²) >= 11 is 0.878. The molecule has 1 atom stereocenters. The Hall–Kier alpha value is -1.12. The van der Waals surface area contributed by atoms with Crippen molar-refractivity contribution < 1.29 is 22.7 Å². The van der Waals surface area contributed by atoms with Crippen molar-refractivity contribution in [3.05, 3.63) is 21.9 Å². The van der Waals surface area contributed by atoms with Gasteiger partial charge in [-0.1, -0.05) is 6.92 Å². The average Bonchev–Trinajstić information content (AvgIpc) is 2.97. The molecule has 1 aliphatic rings. The van der Waals surface area contributed by atoms with Crippen LogP contribution in [0.1, 0.15) is 29.3 Å². The van der Waals surface area contributed by atoms with Gasteiger partial charge in [-0.15, -0.1) is 0 Å². The lowest BCUT2D eigenvalue weighted by atomic mass is 10.2. The zero-order valence-corrected chi connectivity index (χ0v) is 13.1. The number of rotatable bonds is 5. The summed E-state index contributed by atoms with van der Waals surface area (Å²) in [6.07, 6.45) is -3.38. The van der Waals surface area contributed by atoms with Crippen LogP contribution in [0.4, 0.5) is 13.2 Å². The minimum Gasteiger partial charge on any atom is -0.376 e. The fourth-order valence-corrected chi connectivity index (χ4v) is 3.18. The predicted molar refractivity (Wildman–Crippen MR) is 78.1 cm³/mol. The van der Waals surface area contributed by atoms with Gasteiger partial charge in [-0.05, 0) is 6.42 Å². The molecule has 1 aromatic heterocycles. The second-order valence-corrected chi connectivity index (χ2v) is 5.90. The molecule has 4 nitrogen and oxygen atoms in total. The van der Waals surface area contributed by atoms with Gasteiger partial charge < -0.3 is 10.1 Å². The van der Waals surface area contributed by atoms with Crippen molar-refractivity contribution >= 4 is 17.2 Å². The summed E-state index contributed by atoms with van der Waals surface area (Å²) in [5.74, 6) is -0.672. The summed E-state index contributed by atoms with van der Waals surface area (Å²) in [5.41, 5.74) is -1.17. The normalized spacial score (nSPS) is 20.1. The van der Waals surface area contributed by atoms with Crippen LogP contribution in [0.15, 0.2) is 10.8 Å². The Balaban J connectivity index is 1.82. The van der Waals surface area contributed by atoms with Crippen molar-refractivity contribution in [3.63, 3.8) is 0 Å². The molecule has 22 heavy (non-hydrogen) atoms. The van der Waals surface area contributed by atoms with Crippen LogP contribution < -0.4 is 5.32 Å². The Morgan fingerprint density at radius 2 is 2.27 bits per heavy atom. The molecule has 1 aliphatic heterocycles. The van der Waals surface area contributed by atoms with Crippen LogP contribution in [0.3, 0.4) is 0 Å². The number of ether oxygens (including phenoxy) is 1. The quantitative estimate of drug-likeness (QED) is 0.899. The fourth-order valence-electron chi connectivity index (χ4n) is 2.35. The van der Waals surface area contributed by atoms with E-state index in [0.717, 1.165) is 36.2 Å². The molecule has 0 spiro atoms. The van der Waals surface area contributed by atoms with E-state index in [2.05, 4.69) is 10.2 Å². The second kappa shape index (κ2) is 7.43. The molecule has 1 fully saturated rings. The summed E-state index contributed by atoms with van der Waals surface area (Å²) < 4.78 is 43.8. The number of carbonyl (C=O) groups is 1. The third kappa shape index (κ3) is 4.44. The van der Waals surface area contributed by atoms with Crippen LogP contribution in [-0.4, -0.2) is 49.7 Å². The molecule has 0 aliphatic carbocycles. The first-order valence-corrected chi connectivity index (χ1v) is 8.11. The number of nitrogens with one attached hydrogen (secondary N) is 1. The van der Waals surface area contributed by atoms with Gasteiger partial charge in [0.05, 0.1) is 23.8 Å². The van der Waals surface area contributed by atoms with Crippen molar-refractivity contribution in [3.8, 4) is 0 Å². The van der Waals surface area contributed by atoms with Gasteiger partial charge >= 0.3 is 6.18 Å². The molecule has 2 rings (SSSR count). The predicted octanol–water partition coefficient (Wildman–Crippen LogP) is 2.61. The first-order chi connectivity index (χ1) is 10.4. The smallest absolute Gasteiger partial charge is 0.376 e. The zero-order chi connectivity index (χ0) is 16.2. The number of morpholine rings is 1. The highest BCUT2D eigenvalue weighted by molar-refractivity contribution is 7.08. The molecule has 124 valence electrons. The molecule has 1 aromatic rings. The Morgan fingerprint density at radius 1 is 1.50 bits per heavy atom. The molecule has 0 aromatic carbocycles. The van der Waals surface area contributed by atoms with Crippen LogP contribution in [0.2, 0.25) is 0 Å². The maximum absolute atomic E-state index is 12.7. The Labute approximate surface area is 131 Å². The van der Waals surface area contributed by atoms with Crippen molar-refractivity contribution in [2.24, 2.45) is 0 Å². The van der Waals surface area contributed by atoms with Gasteiger partial charge in [-0.2, -0.15) is 24.5 Å². The van der Waals surface area contributed by atoms with Gasteiger partial charge in [0.1, 0.15) is 0 Å². The average molecular weight is 336 g/mol. The summed E-state index contributed by atoms with van der Waals surface area (Å²) in [5, 5.41) is 4.76. The maximum Gasteiger partial charge on any atom is 0.417 e. The Bertz CT molecular complexity index is 505. The summed E-state index contributed by atoms with van der Waals surface area (Å²) in [7, 11) is 0. The fraction of sp³-hybridized carbons (Fsp3) is 0.643. The van der Waals surface area contributed by atoms with E-state index in [4.69, 9.17) is 4.74 Å². The monoisotopic (exact) mass is 336 g/mol. The first-order valence-electron chi connectivity index (χ1n) is 7.17. The number of carbonyl (C=O) groups excluding carboxylic acids is 1. The minimum absolute atomic E-state index is 0.193. The van der Waals surface area contributed by atoms with Gasteiger partial charge in [-0.25, -0.2) is 0 Å². The molecule has 1 N–H and O–H groups in total. The van der Waals surface area contributed by atoms with E-state index in [0.29, 0.717) is 19.7 Å². The van der Waals surface area contributed by atoms with Crippen molar-refractivity contribution in [1.82, 2.24) is 10.2 Å². The van der Waals surface area contributed by atoms with Gasteiger partial charge in [0.15, 0.2) is 0 Å². The number of amides is 1. The molecule has 2 heterocycles. The van der Waals surface area contributed by atoms with Crippen LogP contribution in [0, 0.1) is 0 Å². The zero-order valence-electron chi connectivity index (χ0n) is 12.3. The topological polar surface area (TPSA) is 41.6 Å². The van der Waals surface area contributed by atoms with Crippen molar-refractivity contribution in [2.45, 2.75) is 25.6 Å². The molecule has 0 radical (unpaired) electrons. The van der Waals surface area contributed by atoms with Crippen molar-refractivity contribution in [1.29, 1.82) is 0 Å². The number of halogens is 3. The van der Waals surface area contributed by atoms with Crippen molar-refractivity contribution in [2.75, 3.05) is 32.8 Å². The van der Waals surface area contributed by atoms with E-state index < -0.39 is 17.6 Å². The lowest BCUT2D eigenvalue weighted by Crippen LogP contribution is -2.45. The van der Waals surface area contributed by atoms with Gasteiger partial charge in [0.25, 0.3) is 5.91 Å². The number of nitrogens with zero attached hydrogens (tertiary/aromatic N) is 1. The first kappa shape index (κ1) is 17.2. The molecular formula is C14H19F3N2O2S. The maximum atomic E-state index is 12.7. The Kier molecular flexibility index (Phi) is 5.82. The molecule has 1 amide bonds. The lowest BCUT2D eigenvalue weighted by Gasteiger charge is -2.32. The largest absolute Gasteiger partial charge is 0.417 e. The SMILES string of the molecule is CCC1CN(CCNC(=O)c2cscc2C(F)(F)F)CCO1. The lowest BCUT2D eigenvalue weighted by molar-refractivity contribution is -0.137. The second-order valence-electron chi connectivity index (χ2n) is 5.15. The molecular weight excluding hydrogens is 317 g/mol. The van der Waals surface area contributed by atoms with E-state index in [9.17, 15) is 18.0 Å². The third-order valence-corrected chi connectivity index (χ3v) is 4.35. The minimum atomic E-state index is -4.49. The van der Waals surface area contributed by atoms with E-state index >= 15 is 0 Å². The third-order valence-electron chi connectivity index (χ3n) is 3.60. The number of thiophene rings is 1. The van der Waals surface area contributed by atoms with E-state index in [1.165, 1.54) is 5.38 Å². The summed E-state index contributed by atoms with van der Waals surface area (Å²) in [4.78, 5) is 14.0. The highest BCUT2D eigenvalue weighted by atomic mass is 32.1. The van der Waals surface area contributed by atoms with Gasteiger partial charge in [-0.3, -0.25) is 9.69 Å². The molecule has 1 unspecified atom stereocenters. The Morgan fingerprint density at radius 3 is 2.95 bits per heavy atom. The van der Waals surface area contributed by atoms with Gasteiger partial charge in [0, 0.05) is 36.9 Å². The molecule has 1 saturated heterocycles. The number of hydrogen-bond donors (Lipinski definition) is 1. The summed E-state index contributed by atoms with van der Waals surface area (Å²) in [6.45, 7) is 5.19. The summed E-state index contributed by atoms with van der Waals surface area (Å²) in [6, 6.07) is 0. The standard InChI is InChI=1S/C14H19F3N2O2S/c1-2-10-7-19(5-6-21-10)4-3-18-13(20)11-8-22-9-12(11)14(15,16)17/h8-10H,2-7H2,1H3,(H,18,20). The highest BCUT2D eigenvalue weighted by Gasteiger charge is 2.35. The van der Waals surface area contributed by atoms with Crippen LogP contribution in [-0.2, 0) is 10.9 Å². The molecule has 8 heteroatoms. The van der Waals surface area contributed by atoms with Crippen LogP contribution in [0.25, 0.3) is 0 Å². The number of hydrogen-bond acceptors (Lipinski definition) is 4. The van der Waals surface area contributed by atoms with Gasteiger partial charge in [0.2, 0.25) is 0 Å². The molecule has 0 saturated carbocycles. The van der Waals surface area contributed by atoms with Crippen LogP contribution >= 0.6 is 11.3 Å². The van der Waals surface area contributed by atoms with E-state index in [1.54, 1.807) is 0 Å². The van der Waals surface area contributed by atoms with E-state index in [1.807, 2.05) is 6.92 Å². The highest BCUT2D eigenvalue weighted by Crippen LogP contribution is 2.34.